The largest absolute Gasteiger partial charge is 0.481 e. The van der Waals surface area contributed by atoms with Crippen LogP contribution < -0.4 is 5.32 Å². The van der Waals surface area contributed by atoms with Crippen molar-refractivity contribution in [3.05, 3.63) is 11.1 Å². The second-order valence-corrected chi connectivity index (χ2v) is 20.3. The Morgan fingerprint density at radius 1 is 0.803 bits per heavy atom. The molecule has 10 N–H and O–H groups in total. The van der Waals surface area contributed by atoms with E-state index < -0.39 is 115 Å². The minimum absolute atomic E-state index is 0.0480. The lowest BCUT2D eigenvalue weighted by Gasteiger charge is -2.60. The molecule has 0 aromatic heterocycles. The molecule has 17 heteroatoms. The standard InChI is InChI=1S/C44H71NO16/c1-18(2)19(3)30(47)31(48)20(4)23-10-11-24-22-9-12-27-43(7,25(22)13-15-42(23,24)6)16-14-28(44(27,8)41(56)57)60-39-29(45-21(5)46)33(50)32(49)26(59-39)17-58-40-36(53)34(51)35(52)37(61-40)38(54)55/h18-20,23-24,26-37,39-40,47-53H,9-17H2,1-8H3,(H,45,46)(H,54,55)(H,56,57). The van der Waals surface area contributed by atoms with Crippen molar-refractivity contribution in [2.45, 2.75) is 186 Å². The summed E-state index contributed by atoms with van der Waals surface area (Å²) in [5, 5.41) is 98.9. The van der Waals surface area contributed by atoms with Gasteiger partial charge in [0.05, 0.1) is 30.3 Å². The Bertz CT molecular complexity index is 1660. The van der Waals surface area contributed by atoms with Gasteiger partial charge >= 0.3 is 11.9 Å². The summed E-state index contributed by atoms with van der Waals surface area (Å²) in [6, 6.07) is -1.34. The number of ether oxygens (including phenoxy) is 4. The van der Waals surface area contributed by atoms with Crippen LogP contribution in [0, 0.1) is 51.8 Å². The van der Waals surface area contributed by atoms with Crippen molar-refractivity contribution in [2.24, 2.45) is 51.8 Å². The molecule has 1 amide bonds. The number of carbonyl (C=O) groups excluding carboxylic acids is 1. The number of aliphatic hydroxyl groups is 7. The van der Waals surface area contributed by atoms with Crippen molar-refractivity contribution in [3.8, 4) is 0 Å². The lowest BCUT2D eigenvalue weighted by Crippen LogP contribution is -2.67. The maximum atomic E-state index is 13.6. The van der Waals surface area contributed by atoms with E-state index >= 15 is 0 Å². The molecule has 2 saturated carbocycles. The second-order valence-electron chi connectivity index (χ2n) is 20.3. The Morgan fingerprint density at radius 3 is 2.08 bits per heavy atom. The zero-order valence-electron chi connectivity index (χ0n) is 36.7. The van der Waals surface area contributed by atoms with Gasteiger partial charge in [0.1, 0.15) is 42.7 Å². The molecule has 348 valence electrons. The lowest BCUT2D eigenvalue weighted by molar-refractivity contribution is -0.325. The minimum Gasteiger partial charge on any atom is -0.481 e. The first-order chi connectivity index (χ1) is 28.4. The molecule has 0 bridgehead atoms. The van der Waals surface area contributed by atoms with E-state index in [1.807, 2.05) is 6.92 Å². The number of hydrogen-bond donors (Lipinski definition) is 10. The molecule has 0 aromatic carbocycles. The molecule has 2 saturated heterocycles. The molecule has 61 heavy (non-hydrogen) atoms. The molecule has 17 nitrogen and oxygen atoms in total. The fourth-order valence-corrected chi connectivity index (χ4v) is 12.7. The summed E-state index contributed by atoms with van der Waals surface area (Å²) in [4.78, 5) is 37.6. The summed E-state index contributed by atoms with van der Waals surface area (Å²) < 4.78 is 23.4. The van der Waals surface area contributed by atoms with Gasteiger partial charge in [-0.1, -0.05) is 52.7 Å². The molecule has 21 unspecified atom stereocenters. The highest BCUT2D eigenvalue weighted by molar-refractivity contribution is 5.76. The molecular formula is C44H71NO16. The van der Waals surface area contributed by atoms with E-state index in [1.54, 1.807) is 6.92 Å². The van der Waals surface area contributed by atoms with E-state index in [2.05, 4.69) is 39.9 Å². The van der Waals surface area contributed by atoms with Crippen LogP contribution in [0.5, 0.6) is 0 Å². The minimum atomic E-state index is -1.96. The molecule has 2 aliphatic heterocycles. The van der Waals surface area contributed by atoms with Crippen LogP contribution in [0.1, 0.15) is 107 Å². The summed E-state index contributed by atoms with van der Waals surface area (Å²) in [5.41, 5.74) is 0.701. The first-order valence-electron chi connectivity index (χ1n) is 22.2. The van der Waals surface area contributed by atoms with Gasteiger partial charge < -0.3 is 70.2 Å². The van der Waals surface area contributed by atoms with E-state index in [1.165, 1.54) is 18.1 Å². The Morgan fingerprint density at radius 2 is 1.48 bits per heavy atom. The number of amides is 1. The van der Waals surface area contributed by atoms with Crippen molar-refractivity contribution in [1.29, 1.82) is 0 Å². The zero-order valence-corrected chi connectivity index (χ0v) is 36.7. The maximum absolute atomic E-state index is 13.6. The van der Waals surface area contributed by atoms with Crippen LogP contribution in [0.25, 0.3) is 0 Å². The predicted molar refractivity (Wildman–Crippen MR) is 215 cm³/mol. The quantitative estimate of drug-likeness (QED) is 0.117. The average molecular weight is 870 g/mol. The summed E-state index contributed by atoms with van der Waals surface area (Å²) >= 11 is 0. The number of allylic oxidation sites excluding steroid dienone is 2. The Hall–Kier alpha value is -2.29. The summed E-state index contributed by atoms with van der Waals surface area (Å²) in [6.07, 6.45) is -12.8. The first-order valence-corrected chi connectivity index (χ1v) is 22.2. The zero-order chi connectivity index (χ0) is 45.3. The van der Waals surface area contributed by atoms with Crippen molar-refractivity contribution in [2.75, 3.05) is 6.61 Å². The van der Waals surface area contributed by atoms with Crippen LogP contribution in [-0.2, 0) is 33.3 Å². The number of carbonyl (C=O) groups is 3. The molecule has 0 spiro atoms. The van der Waals surface area contributed by atoms with Gasteiger partial charge in [-0.05, 0) is 105 Å². The van der Waals surface area contributed by atoms with Gasteiger partial charge in [0.15, 0.2) is 18.7 Å². The van der Waals surface area contributed by atoms with E-state index in [0.717, 1.165) is 25.7 Å². The Balaban J connectivity index is 1.22. The number of carboxylic acids is 2. The summed E-state index contributed by atoms with van der Waals surface area (Å²) in [6.45, 7) is 14.9. The molecule has 4 aliphatic carbocycles. The predicted octanol–water partition coefficient (Wildman–Crippen LogP) is 1.31. The Labute approximate surface area is 357 Å². The van der Waals surface area contributed by atoms with E-state index in [4.69, 9.17) is 18.9 Å². The van der Waals surface area contributed by atoms with Gasteiger partial charge in [-0.15, -0.1) is 0 Å². The third-order valence-electron chi connectivity index (χ3n) is 16.8. The highest BCUT2D eigenvalue weighted by Gasteiger charge is 2.64. The monoisotopic (exact) mass is 869 g/mol. The normalized spacial score (nSPS) is 45.8. The fourth-order valence-electron chi connectivity index (χ4n) is 12.7. The van der Waals surface area contributed by atoms with Crippen molar-refractivity contribution in [1.82, 2.24) is 5.32 Å². The molecule has 0 radical (unpaired) electrons. The second kappa shape index (κ2) is 17.9. The third kappa shape index (κ3) is 8.32. The molecule has 4 fully saturated rings. The number of rotatable bonds is 13. The fraction of sp³-hybridized carbons (Fsp3) is 0.886. The van der Waals surface area contributed by atoms with Crippen LogP contribution in [0.2, 0.25) is 0 Å². The molecule has 0 aromatic rings. The van der Waals surface area contributed by atoms with Gasteiger partial charge in [0.2, 0.25) is 5.91 Å². The smallest absolute Gasteiger partial charge is 0.335 e. The summed E-state index contributed by atoms with van der Waals surface area (Å²) in [7, 11) is 0. The van der Waals surface area contributed by atoms with Crippen molar-refractivity contribution < 1.29 is 79.3 Å². The number of aliphatic carboxylic acids is 2. The van der Waals surface area contributed by atoms with Crippen LogP contribution in [-0.4, -0.2) is 150 Å². The number of nitrogens with one attached hydrogen (secondary N) is 1. The number of aliphatic hydroxyl groups excluding tert-OH is 7. The SMILES string of the molecule is CC(=O)NC1C(OC2CCC3(C)C4=C(CCC3C2(C)C(=O)O)C2CCC(C(C)C(O)C(O)C(C)C(C)C)C2(C)CC4)OC(COC2OC(C(=O)O)C(O)C(O)C2O)C(O)C1O. The van der Waals surface area contributed by atoms with Crippen LogP contribution in [0.15, 0.2) is 11.1 Å². The topological polar surface area (TPSA) is 282 Å². The van der Waals surface area contributed by atoms with Crippen LogP contribution in [0.3, 0.4) is 0 Å². The maximum Gasteiger partial charge on any atom is 0.335 e. The van der Waals surface area contributed by atoms with E-state index in [9.17, 15) is 60.3 Å². The first kappa shape index (κ1) is 48.2. The Kier molecular flexibility index (Phi) is 14.2. The van der Waals surface area contributed by atoms with Crippen molar-refractivity contribution in [3.63, 3.8) is 0 Å². The van der Waals surface area contributed by atoms with Gasteiger partial charge in [0.25, 0.3) is 0 Å². The molecular weight excluding hydrogens is 798 g/mol. The molecule has 6 aliphatic rings. The highest BCUT2D eigenvalue weighted by Crippen LogP contribution is 2.68. The third-order valence-corrected chi connectivity index (χ3v) is 16.8. The highest BCUT2D eigenvalue weighted by atomic mass is 16.7. The van der Waals surface area contributed by atoms with Gasteiger partial charge in [-0.25, -0.2) is 4.79 Å². The molecule has 21 atom stereocenters. The lowest BCUT2D eigenvalue weighted by atomic mass is 9.45. The summed E-state index contributed by atoms with van der Waals surface area (Å²) in [5.74, 6) is -3.06. The van der Waals surface area contributed by atoms with E-state index in [-0.39, 0.29) is 47.3 Å². The number of hydrogen-bond acceptors (Lipinski definition) is 14. The van der Waals surface area contributed by atoms with E-state index in [0.29, 0.717) is 19.3 Å². The average Bonchev–Trinajstić information content (AvgIpc) is 3.56. The van der Waals surface area contributed by atoms with Crippen molar-refractivity contribution >= 4 is 17.8 Å². The van der Waals surface area contributed by atoms with Crippen LogP contribution >= 0.6 is 0 Å². The number of fused-ring (bicyclic) bond motifs is 4. The molecule has 2 heterocycles. The van der Waals surface area contributed by atoms with Crippen LogP contribution in [0.4, 0.5) is 0 Å². The van der Waals surface area contributed by atoms with Gasteiger partial charge in [-0.2, -0.15) is 0 Å². The molecule has 6 rings (SSSR count). The van der Waals surface area contributed by atoms with Gasteiger partial charge in [-0.3, -0.25) is 9.59 Å². The number of carboxylic acid groups (broad SMARTS) is 2. The van der Waals surface area contributed by atoms with Gasteiger partial charge in [0, 0.05) is 6.92 Å².